The van der Waals surface area contributed by atoms with E-state index in [1.165, 1.54) is 0 Å². The zero-order chi connectivity index (χ0) is 19.4. The molecule has 3 N–H and O–H groups in total. The van der Waals surface area contributed by atoms with Crippen molar-refractivity contribution in [2.24, 2.45) is 11.7 Å². The average Bonchev–Trinajstić information content (AvgIpc) is 2.66. The minimum absolute atomic E-state index is 0.0755. The Morgan fingerprint density at radius 2 is 1.85 bits per heavy atom. The molecule has 1 heterocycles. The number of benzene rings is 2. The number of aromatic nitrogens is 1. The van der Waals surface area contributed by atoms with E-state index >= 15 is 0 Å². The summed E-state index contributed by atoms with van der Waals surface area (Å²) in [5.74, 6) is 1.62. The van der Waals surface area contributed by atoms with Crippen LogP contribution < -0.4 is 15.8 Å². The summed E-state index contributed by atoms with van der Waals surface area (Å²) in [5, 5.41) is 4.57. The number of para-hydroxylation sites is 1. The van der Waals surface area contributed by atoms with Gasteiger partial charge in [-0.1, -0.05) is 38.1 Å². The fourth-order valence-electron chi connectivity index (χ4n) is 3.17. The number of nitrogens with two attached hydrogens (primary N) is 1. The smallest absolute Gasteiger partial charge is 0.248 e. The normalized spacial score (nSPS) is 12.1. The highest BCUT2D eigenvalue weighted by Crippen LogP contribution is 2.29. The van der Waals surface area contributed by atoms with Crippen LogP contribution in [0.4, 0.5) is 5.82 Å². The Labute approximate surface area is 159 Å². The lowest BCUT2D eigenvalue weighted by Gasteiger charge is -2.22. The van der Waals surface area contributed by atoms with E-state index < -0.39 is 5.91 Å². The summed E-state index contributed by atoms with van der Waals surface area (Å²) in [5.41, 5.74) is 7.78. The molecule has 3 aromatic rings. The first-order valence-electron chi connectivity index (χ1n) is 9.08. The van der Waals surface area contributed by atoms with Gasteiger partial charge in [-0.25, -0.2) is 4.98 Å². The summed E-state index contributed by atoms with van der Waals surface area (Å²) in [7, 11) is 1.65. The Morgan fingerprint density at radius 1 is 1.11 bits per heavy atom. The molecule has 0 fully saturated rings. The van der Waals surface area contributed by atoms with Crippen LogP contribution in [-0.4, -0.2) is 18.0 Å². The molecular formula is C22H25N3O2. The number of primary amides is 1. The van der Waals surface area contributed by atoms with Crippen molar-refractivity contribution in [3.05, 3.63) is 65.7 Å². The molecule has 0 spiro atoms. The van der Waals surface area contributed by atoms with Gasteiger partial charge in [0.05, 0.1) is 13.2 Å². The largest absolute Gasteiger partial charge is 0.494 e. The summed E-state index contributed by atoms with van der Waals surface area (Å²) in [6.45, 7) is 4.37. The Kier molecular flexibility index (Phi) is 5.60. The number of fused-ring (bicyclic) bond motifs is 1. The van der Waals surface area contributed by atoms with E-state index in [-0.39, 0.29) is 6.04 Å². The van der Waals surface area contributed by atoms with Gasteiger partial charge >= 0.3 is 0 Å². The monoisotopic (exact) mass is 363 g/mol. The summed E-state index contributed by atoms with van der Waals surface area (Å²) < 4.78 is 5.44. The van der Waals surface area contributed by atoms with E-state index in [4.69, 9.17) is 15.5 Å². The molecule has 1 atom stereocenters. The van der Waals surface area contributed by atoms with Gasteiger partial charge in [0.2, 0.25) is 5.91 Å². The van der Waals surface area contributed by atoms with Gasteiger partial charge in [-0.2, -0.15) is 0 Å². The molecule has 3 rings (SSSR count). The zero-order valence-corrected chi connectivity index (χ0v) is 15.9. The molecule has 0 aliphatic rings. The number of anilines is 1. The van der Waals surface area contributed by atoms with Crippen molar-refractivity contribution in [3.8, 4) is 5.75 Å². The second-order valence-electron chi connectivity index (χ2n) is 7.04. The molecule has 140 valence electrons. The summed E-state index contributed by atoms with van der Waals surface area (Å²) in [6.07, 6.45) is 0.932. The van der Waals surface area contributed by atoms with Crippen LogP contribution in [0.1, 0.15) is 42.2 Å². The second-order valence-corrected chi connectivity index (χ2v) is 7.04. The van der Waals surface area contributed by atoms with Crippen LogP contribution in [0.25, 0.3) is 10.9 Å². The number of hydrogen-bond acceptors (Lipinski definition) is 4. The quantitative estimate of drug-likeness (QED) is 0.646. The van der Waals surface area contributed by atoms with Gasteiger partial charge < -0.3 is 15.8 Å². The molecule has 0 bridgehead atoms. The molecule has 5 nitrogen and oxygen atoms in total. The van der Waals surface area contributed by atoms with Crippen molar-refractivity contribution in [3.63, 3.8) is 0 Å². The molecule has 1 amide bonds. The maximum Gasteiger partial charge on any atom is 0.248 e. The third-order valence-electron chi connectivity index (χ3n) is 4.53. The molecule has 0 radical (unpaired) electrons. The van der Waals surface area contributed by atoms with Crippen LogP contribution in [0.5, 0.6) is 5.75 Å². The molecule has 0 aliphatic carbocycles. The first kappa shape index (κ1) is 18.7. The fraction of sp³-hybridized carbons (Fsp3) is 0.273. The first-order chi connectivity index (χ1) is 13.0. The minimum atomic E-state index is -0.418. The molecule has 0 aliphatic heterocycles. The second kappa shape index (κ2) is 8.08. The highest BCUT2D eigenvalue weighted by Gasteiger charge is 2.15. The number of nitrogens with zero attached hydrogens (tertiary/aromatic N) is 1. The van der Waals surface area contributed by atoms with E-state index in [1.54, 1.807) is 19.2 Å². The molecule has 1 unspecified atom stereocenters. The van der Waals surface area contributed by atoms with Crippen LogP contribution in [-0.2, 0) is 0 Å². The number of amides is 1. The number of carbonyl (C=O) groups is 1. The van der Waals surface area contributed by atoms with Crippen molar-refractivity contribution in [2.75, 3.05) is 12.4 Å². The number of methoxy groups -OCH3 is 1. The molecular weight excluding hydrogens is 338 g/mol. The van der Waals surface area contributed by atoms with Gasteiger partial charge in [-0.15, -0.1) is 0 Å². The van der Waals surface area contributed by atoms with Crippen molar-refractivity contribution in [2.45, 2.75) is 26.3 Å². The van der Waals surface area contributed by atoms with Crippen molar-refractivity contribution >= 4 is 22.6 Å². The summed E-state index contributed by atoms with van der Waals surface area (Å²) >= 11 is 0. The highest BCUT2D eigenvalue weighted by atomic mass is 16.5. The molecule has 2 aromatic carbocycles. The Bertz CT molecular complexity index is 936. The summed E-state index contributed by atoms with van der Waals surface area (Å²) in [6, 6.07) is 17.4. The van der Waals surface area contributed by atoms with Crippen LogP contribution >= 0.6 is 0 Å². The number of ether oxygens (including phenoxy) is 1. The number of hydrogen-bond donors (Lipinski definition) is 2. The predicted octanol–water partition coefficient (Wildman–Crippen LogP) is 4.54. The van der Waals surface area contributed by atoms with Gasteiger partial charge in [-0.05, 0) is 48.2 Å². The predicted molar refractivity (Wildman–Crippen MR) is 109 cm³/mol. The van der Waals surface area contributed by atoms with Gasteiger partial charge in [0.1, 0.15) is 17.1 Å². The van der Waals surface area contributed by atoms with Crippen LogP contribution in [0, 0.1) is 5.92 Å². The van der Waals surface area contributed by atoms with E-state index in [1.807, 2.05) is 42.5 Å². The molecule has 0 saturated heterocycles. The van der Waals surface area contributed by atoms with E-state index in [0.29, 0.717) is 11.5 Å². The van der Waals surface area contributed by atoms with Crippen molar-refractivity contribution in [1.82, 2.24) is 4.98 Å². The van der Waals surface area contributed by atoms with Gasteiger partial charge in [0.15, 0.2) is 0 Å². The van der Waals surface area contributed by atoms with Crippen molar-refractivity contribution < 1.29 is 9.53 Å². The molecule has 1 aromatic heterocycles. The third-order valence-corrected chi connectivity index (χ3v) is 4.53. The van der Waals surface area contributed by atoms with E-state index in [2.05, 4.69) is 19.2 Å². The first-order valence-corrected chi connectivity index (χ1v) is 9.08. The number of rotatable bonds is 7. The van der Waals surface area contributed by atoms with E-state index in [0.717, 1.165) is 34.5 Å². The van der Waals surface area contributed by atoms with Gasteiger partial charge in [0.25, 0.3) is 0 Å². The van der Waals surface area contributed by atoms with Crippen LogP contribution in [0.3, 0.4) is 0 Å². The Morgan fingerprint density at radius 3 is 2.48 bits per heavy atom. The van der Waals surface area contributed by atoms with Crippen LogP contribution in [0.2, 0.25) is 0 Å². The standard InChI is InChI=1S/C22H25N3O2/c1-14(2)13-18(15-7-9-17(10-8-15)22(23)26)24-20-12-11-16-5-4-6-19(27-3)21(16)25-20/h4-12,14,18H,13H2,1-3H3,(H2,23,26)(H,24,25). The number of pyridine rings is 1. The highest BCUT2D eigenvalue weighted by molar-refractivity contribution is 5.92. The van der Waals surface area contributed by atoms with Crippen LogP contribution in [0.15, 0.2) is 54.6 Å². The average molecular weight is 363 g/mol. The SMILES string of the molecule is COc1cccc2ccc(NC(CC(C)C)c3ccc(C(N)=O)cc3)nc12. The lowest BCUT2D eigenvalue weighted by molar-refractivity contribution is 0.100. The molecule has 27 heavy (non-hydrogen) atoms. The molecule has 5 heteroatoms. The minimum Gasteiger partial charge on any atom is -0.494 e. The van der Waals surface area contributed by atoms with Crippen molar-refractivity contribution in [1.29, 1.82) is 0 Å². The lowest BCUT2D eigenvalue weighted by Crippen LogP contribution is -2.15. The third kappa shape index (κ3) is 4.37. The van der Waals surface area contributed by atoms with E-state index in [9.17, 15) is 4.79 Å². The van der Waals surface area contributed by atoms with Gasteiger partial charge in [-0.3, -0.25) is 4.79 Å². The lowest BCUT2D eigenvalue weighted by atomic mass is 9.96. The zero-order valence-electron chi connectivity index (χ0n) is 15.9. The Balaban J connectivity index is 1.92. The maximum atomic E-state index is 11.3. The fourth-order valence-corrected chi connectivity index (χ4v) is 3.17. The number of carbonyl (C=O) groups excluding carboxylic acids is 1. The topological polar surface area (TPSA) is 77.2 Å². The number of nitrogens with one attached hydrogen (secondary N) is 1. The van der Waals surface area contributed by atoms with Gasteiger partial charge in [0, 0.05) is 10.9 Å². The summed E-state index contributed by atoms with van der Waals surface area (Å²) in [4.78, 5) is 16.1. The maximum absolute atomic E-state index is 11.3. The Hall–Kier alpha value is -3.08. The molecule has 0 saturated carbocycles.